The second-order valence-electron chi connectivity index (χ2n) is 8.88. The highest BCUT2D eigenvalue weighted by molar-refractivity contribution is 6.31. The molecule has 0 radical (unpaired) electrons. The SMILES string of the molecule is CCC(=O)N(CCc1cn(C)c2ccc(Cl)cc12)CC1CCN(c2ncc(C(=O)O)cn2)CC1. The van der Waals surface area contributed by atoms with Gasteiger partial charge >= 0.3 is 5.97 Å². The Labute approximate surface area is 204 Å². The number of aryl methyl sites for hydroxylation is 1. The van der Waals surface area contributed by atoms with Crippen molar-refractivity contribution in [2.45, 2.75) is 32.6 Å². The van der Waals surface area contributed by atoms with Gasteiger partial charge in [-0.15, -0.1) is 0 Å². The average Bonchev–Trinajstić information content (AvgIpc) is 3.16. The van der Waals surface area contributed by atoms with E-state index in [9.17, 15) is 9.59 Å². The first kappa shape index (κ1) is 24.0. The summed E-state index contributed by atoms with van der Waals surface area (Å²) in [6.45, 7) is 4.90. The highest BCUT2D eigenvalue weighted by Gasteiger charge is 2.25. The van der Waals surface area contributed by atoms with Gasteiger partial charge in [0.05, 0.1) is 5.56 Å². The van der Waals surface area contributed by atoms with Gasteiger partial charge in [-0.1, -0.05) is 18.5 Å². The minimum atomic E-state index is -1.03. The first-order valence-electron chi connectivity index (χ1n) is 11.7. The molecular weight excluding hydrogens is 454 g/mol. The third-order valence-corrected chi connectivity index (χ3v) is 6.84. The van der Waals surface area contributed by atoms with Crippen molar-refractivity contribution in [2.75, 3.05) is 31.1 Å². The maximum Gasteiger partial charge on any atom is 0.338 e. The predicted octanol–water partition coefficient (Wildman–Crippen LogP) is 4.02. The number of carbonyl (C=O) groups excluding carboxylic acids is 1. The van der Waals surface area contributed by atoms with E-state index in [0.717, 1.165) is 54.8 Å². The van der Waals surface area contributed by atoms with E-state index in [1.807, 2.05) is 37.1 Å². The summed E-state index contributed by atoms with van der Waals surface area (Å²) in [5.74, 6) is 0.109. The predicted molar refractivity (Wildman–Crippen MR) is 132 cm³/mol. The minimum Gasteiger partial charge on any atom is -0.478 e. The summed E-state index contributed by atoms with van der Waals surface area (Å²) >= 11 is 6.23. The quantitative estimate of drug-likeness (QED) is 0.520. The zero-order chi connectivity index (χ0) is 24.2. The van der Waals surface area contributed by atoms with E-state index >= 15 is 0 Å². The molecule has 1 saturated heterocycles. The van der Waals surface area contributed by atoms with Crippen LogP contribution in [0.1, 0.15) is 42.1 Å². The average molecular weight is 484 g/mol. The molecule has 0 saturated carbocycles. The molecule has 3 heterocycles. The lowest BCUT2D eigenvalue weighted by atomic mass is 9.96. The van der Waals surface area contributed by atoms with Gasteiger partial charge in [0, 0.05) is 74.2 Å². The van der Waals surface area contributed by atoms with Crippen molar-refractivity contribution < 1.29 is 14.7 Å². The number of carboxylic acid groups (broad SMARTS) is 1. The number of halogens is 1. The summed E-state index contributed by atoms with van der Waals surface area (Å²) in [4.78, 5) is 36.2. The van der Waals surface area contributed by atoms with Gasteiger partial charge in [-0.25, -0.2) is 14.8 Å². The summed E-state index contributed by atoms with van der Waals surface area (Å²) in [6, 6.07) is 5.93. The molecule has 1 aliphatic heterocycles. The molecule has 1 aromatic carbocycles. The largest absolute Gasteiger partial charge is 0.478 e. The smallest absolute Gasteiger partial charge is 0.338 e. The monoisotopic (exact) mass is 483 g/mol. The minimum absolute atomic E-state index is 0.0841. The number of carbonyl (C=O) groups is 2. The topological polar surface area (TPSA) is 91.6 Å². The Morgan fingerprint density at radius 2 is 1.91 bits per heavy atom. The molecule has 1 N–H and O–H groups in total. The molecule has 8 nitrogen and oxygen atoms in total. The molecular formula is C25H30ClN5O3. The van der Waals surface area contributed by atoms with E-state index in [1.165, 1.54) is 18.0 Å². The number of hydrogen-bond donors (Lipinski definition) is 1. The zero-order valence-electron chi connectivity index (χ0n) is 19.6. The first-order chi connectivity index (χ1) is 16.4. The third-order valence-electron chi connectivity index (χ3n) is 6.60. The highest BCUT2D eigenvalue weighted by atomic mass is 35.5. The number of anilines is 1. The fourth-order valence-corrected chi connectivity index (χ4v) is 4.84. The number of hydrogen-bond acceptors (Lipinski definition) is 5. The van der Waals surface area contributed by atoms with E-state index < -0.39 is 5.97 Å². The van der Waals surface area contributed by atoms with Gasteiger partial charge in [0.2, 0.25) is 11.9 Å². The number of aromatic carboxylic acids is 1. The van der Waals surface area contributed by atoms with Crippen molar-refractivity contribution in [3.8, 4) is 0 Å². The van der Waals surface area contributed by atoms with Crippen LogP contribution < -0.4 is 4.90 Å². The standard InChI is InChI=1S/C25H30ClN5O3/c1-3-23(32)31(11-8-18-16-29(2)22-5-4-20(26)12-21(18)22)15-17-6-9-30(10-7-17)25-27-13-19(14-28-25)24(33)34/h4-5,12-14,16-17H,3,6-11,15H2,1-2H3,(H,33,34). The normalized spacial score (nSPS) is 14.5. The molecule has 0 spiro atoms. The van der Waals surface area contributed by atoms with Crippen LogP contribution in [-0.4, -0.2) is 62.6 Å². The summed E-state index contributed by atoms with van der Waals surface area (Å²) < 4.78 is 2.10. The van der Waals surface area contributed by atoms with E-state index in [-0.39, 0.29) is 11.5 Å². The number of rotatable bonds is 8. The second kappa shape index (κ2) is 10.4. The maximum absolute atomic E-state index is 12.7. The van der Waals surface area contributed by atoms with Crippen molar-refractivity contribution in [3.63, 3.8) is 0 Å². The van der Waals surface area contributed by atoms with Crippen molar-refractivity contribution in [2.24, 2.45) is 13.0 Å². The lowest BCUT2D eigenvalue weighted by molar-refractivity contribution is -0.131. The summed E-state index contributed by atoms with van der Waals surface area (Å²) in [7, 11) is 2.03. The fraction of sp³-hybridized carbons (Fsp3) is 0.440. The van der Waals surface area contributed by atoms with Crippen LogP contribution in [0, 0.1) is 5.92 Å². The molecule has 34 heavy (non-hydrogen) atoms. The molecule has 0 bridgehead atoms. The van der Waals surface area contributed by atoms with Gasteiger partial charge in [0.1, 0.15) is 0 Å². The van der Waals surface area contributed by atoms with Crippen LogP contribution in [0.2, 0.25) is 5.02 Å². The van der Waals surface area contributed by atoms with Gasteiger partial charge in [0.15, 0.2) is 0 Å². The van der Waals surface area contributed by atoms with Crippen molar-refractivity contribution >= 4 is 40.3 Å². The Bertz CT molecular complexity index is 1170. The molecule has 0 atom stereocenters. The number of carboxylic acids is 1. The van der Waals surface area contributed by atoms with Crippen LogP contribution in [-0.2, 0) is 18.3 Å². The van der Waals surface area contributed by atoms with Gasteiger partial charge in [-0.2, -0.15) is 0 Å². The number of nitrogens with zero attached hydrogens (tertiary/aromatic N) is 5. The van der Waals surface area contributed by atoms with E-state index in [2.05, 4.69) is 25.6 Å². The molecule has 2 aromatic heterocycles. The zero-order valence-corrected chi connectivity index (χ0v) is 20.3. The molecule has 1 amide bonds. The van der Waals surface area contributed by atoms with E-state index in [1.54, 1.807) is 0 Å². The van der Waals surface area contributed by atoms with Gasteiger partial charge in [-0.3, -0.25) is 4.79 Å². The molecule has 1 fully saturated rings. The fourth-order valence-electron chi connectivity index (χ4n) is 4.66. The Kier molecular flexibility index (Phi) is 7.36. The number of piperidine rings is 1. The lowest BCUT2D eigenvalue weighted by Crippen LogP contribution is -2.42. The second-order valence-corrected chi connectivity index (χ2v) is 9.31. The summed E-state index contributed by atoms with van der Waals surface area (Å²) in [6.07, 6.45) is 7.96. The van der Waals surface area contributed by atoms with Crippen LogP contribution in [0.4, 0.5) is 5.95 Å². The van der Waals surface area contributed by atoms with Crippen molar-refractivity contribution in [1.29, 1.82) is 0 Å². The summed E-state index contributed by atoms with van der Waals surface area (Å²) in [5, 5.41) is 10.9. The summed E-state index contributed by atoms with van der Waals surface area (Å²) in [5.41, 5.74) is 2.42. The Balaban J connectivity index is 1.37. The molecule has 0 unspecified atom stereocenters. The Hall–Kier alpha value is -3.13. The van der Waals surface area contributed by atoms with Gasteiger partial charge in [-0.05, 0) is 48.9 Å². The maximum atomic E-state index is 12.7. The van der Waals surface area contributed by atoms with Gasteiger partial charge < -0.3 is 19.5 Å². The van der Waals surface area contributed by atoms with Crippen LogP contribution in [0.25, 0.3) is 10.9 Å². The number of aromatic nitrogens is 3. The number of benzene rings is 1. The van der Waals surface area contributed by atoms with E-state index in [4.69, 9.17) is 16.7 Å². The Morgan fingerprint density at radius 1 is 1.21 bits per heavy atom. The van der Waals surface area contributed by atoms with Crippen molar-refractivity contribution in [3.05, 3.63) is 52.9 Å². The number of amides is 1. The van der Waals surface area contributed by atoms with E-state index in [0.29, 0.717) is 24.8 Å². The van der Waals surface area contributed by atoms with Crippen LogP contribution in [0.3, 0.4) is 0 Å². The molecule has 3 aromatic rings. The van der Waals surface area contributed by atoms with Crippen LogP contribution in [0.15, 0.2) is 36.8 Å². The van der Waals surface area contributed by atoms with Crippen molar-refractivity contribution in [1.82, 2.24) is 19.4 Å². The highest BCUT2D eigenvalue weighted by Crippen LogP contribution is 2.26. The third kappa shape index (κ3) is 5.33. The van der Waals surface area contributed by atoms with Gasteiger partial charge in [0.25, 0.3) is 0 Å². The molecule has 0 aliphatic carbocycles. The number of fused-ring (bicyclic) bond motifs is 1. The Morgan fingerprint density at radius 3 is 2.56 bits per heavy atom. The molecule has 4 rings (SSSR count). The first-order valence-corrected chi connectivity index (χ1v) is 12.0. The molecule has 180 valence electrons. The lowest BCUT2D eigenvalue weighted by Gasteiger charge is -2.35. The molecule has 1 aliphatic rings. The van der Waals surface area contributed by atoms with Crippen LogP contribution in [0.5, 0.6) is 0 Å². The molecule has 9 heteroatoms. The van der Waals surface area contributed by atoms with Crippen LogP contribution >= 0.6 is 11.6 Å².